The first-order valence-electron chi connectivity index (χ1n) is 8.40. The fourth-order valence-electron chi connectivity index (χ4n) is 3.17. The predicted octanol–water partition coefficient (Wildman–Crippen LogP) is 4.10. The van der Waals surface area contributed by atoms with Crippen molar-refractivity contribution in [2.75, 3.05) is 5.75 Å². The Bertz CT molecular complexity index is 715. The van der Waals surface area contributed by atoms with E-state index < -0.39 is 0 Å². The van der Waals surface area contributed by atoms with Gasteiger partial charge in [0, 0.05) is 11.7 Å². The van der Waals surface area contributed by atoms with E-state index in [2.05, 4.69) is 20.9 Å². The Kier molecular flexibility index (Phi) is 4.12. The van der Waals surface area contributed by atoms with Crippen LogP contribution in [0, 0.1) is 0 Å². The molecule has 1 aromatic carbocycles. The number of carbonyl (C=O) groups is 1. The quantitative estimate of drug-likeness (QED) is 0.841. The van der Waals surface area contributed by atoms with Crippen LogP contribution in [0.15, 0.2) is 41.2 Å². The molecule has 120 valence electrons. The molecule has 1 N–H and O–H groups in total. The first kappa shape index (κ1) is 14.8. The van der Waals surface area contributed by atoms with Crippen molar-refractivity contribution in [2.24, 2.45) is 0 Å². The number of rotatable bonds is 5. The van der Waals surface area contributed by atoms with E-state index in [1.54, 1.807) is 0 Å². The van der Waals surface area contributed by atoms with Crippen molar-refractivity contribution in [1.29, 1.82) is 0 Å². The number of aromatic amines is 1. The average Bonchev–Trinajstić information content (AvgIpc) is 3.32. The third-order valence-electron chi connectivity index (χ3n) is 4.46. The Morgan fingerprint density at radius 2 is 2.17 bits per heavy atom. The molecule has 4 nitrogen and oxygen atoms in total. The van der Waals surface area contributed by atoms with Crippen LogP contribution in [0.3, 0.4) is 0 Å². The van der Waals surface area contributed by atoms with Gasteiger partial charge >= 0.3 is 0 Å². The van der Waals surface area contributed by atoms with Crippen LogP contribution >= 0.6 is 11.8 Å². The number of para-hydroxylation sites is 2. The third-order valence-corrected chi connectivity index (χ3v) is 5.32. The van der Waals surface area contributed by atoms with E-state index in [1.165, 1.54) is 30.3 Å². The summed E-state index contributed by atoms with van der Waals surface area (Å²) in [5.41, 5.74) is 3.24. The molecule has 5 heteroatoms. The van der Waals surface area contributed by atoms with Crippen molar-refractivity contribution in [3.63, 3.8) is 0 Å². The van der Waals surface area contributed by atoms with Crippen LogP contribution in [0.25, 0.3) is 11.0 Å². The van der Waals surface area contributed by atoms with Gasteiger partial charge in [-0.2, -0.15) is 0 Å². The van der Waals surface area contributed by atoms with Crippen LogP contribution in [0.1, 0.15) is 38.5 Å². The summed E-state index contributed by atoms with van der Waals surface area (Å²) in [6.07, 6.45) is 9.20. The second kappa shape index (κ2) is 6.40. The summed E-state index contributed by atoms with van der Waals surface area (Å²) in [5, 5.41) is 0.827. The number of fused-ring (bicyclic) bond motifs is 1. The zero-order chi connectivity index (χ0) is 15.6. The Hall–Kier alpha value is -1.75. The Labute approximate surface area is 140 Å². The number of benzene rings is 1. The van der Waals surface area contributed by atoms with Crippen LogP contribution in [-0.4, -0.2) is 32.6 Å². The van der Waals surface area contributed by atoms with Gasteiger partial charge in [0.15, 0.2) is 5.16 Å². The van der Waals surface area contributed by atoms with Crippen LogP contribution < -0.4 is 0 Å². The highest BCUT2D eigenvalue weighted by Crippen LogP contribution is 2.34. The normalized spacial score (nSPS) is 18.0. The minimum atomic E-state index is 0.228. The van der Waals surface area contributed by atoms with Gasteiger partial charge in [-0.05, 0) is 50.7 Å². The minimum absolute atomic E-state index is 0.228. The fraction of sp³-hybridized carbons (Fsp3) is 0.444. The van der Waals surface area contributed by atoms with Crippen molar-refractivity contribution < 1.29 is 4.79 Å². The van der Waals surface area contributed by atoms with E-state index in [0.29, 0.717) is 11.8 Å². The first-order valence-corrected chi connectivity index (χ1v) is 9.38. The molecule has 0 atom stereocenters. The highest BCUT2D eigenvalue weighted by molar-refractivity contribution is 7.99. The largest absolute Gasteiger partial charge is 0.333 e. The van der Waals surface area contributed by atoms with Crippen LogP contribution in [0.5, 0.6) is 0 Å². The van der Waals surface area contributed by atoms with Gasteiger partial charge in [-0.1, -0.05) is 30.0 Å². The SMILES string of the molecule is O=C(CSc1nc2ccccc2[nH]1)N(C1=CCCCC1)C1CC1. The number of imidazole rings is 1. The van der Waals surface area contributed by atoms with E-state index in [1.807, 2.05) is 24.3 Å². The molecule has 23 heavy (non-hydrogen) atoms. The van der Waals surface area contributed by atoms with E-state index in [-0.39, 0.29) is 5.91 Å². The highest BCUT2D eigenvalue weighted by Gasteiger charge is 2.34. The first-order chi connectivity index (χ1) is 11.3. The van der Waals surface area contributed by atoms with E-state index in [9.17, 15) is 4.79 Å². The summed E-state index contributed by atoms with van der Waals surface area (Å²) in [6, 6.07) is 8.42. The molecule has 1 aromatic heterocycles. The average molecular weight is 327 g/mol. The topological polar surface area (TPSA) is 49.0 Å². The number of nitrogens with zero attached hydrogens (tertiary/aromatic N) is 2. The Morgan fingerprint density at radius 1 is 1.30 bits per heavy atom. The van der Waals surface area contributed by atoms with Gasteiger partial charge in [-0.15, -0.1) is 0 Å². The number of carbonyl (C=O) groups excluding carboxylic acids is 1. The maximum absolute atomic E-state index is 12.7. The van der Waals surface area contributed by atoms with Gasteiger partial charge in [-0.25, -0.2) is 4.98 Å². The molecule has 1 fully saturated rings. The minimum Gasteiger partial charge on any atom is -0.333 e. The molecule has 2 aromatic rings. The molecule has 1 heterocycles. The van der Waals surface area contributed by atoms with Crippen molar-refractivity contribution in [3.05, 3.63) is 36.0 Å². The summed E-state index contributed by atoms with van der Waals surface area (Å²) in [5.74, 6) is 0.680. The van der Waals surface area contributed by atoms with Crippen LogP contribution in [-0.2, 0) is 4.79 Å². The third kappa shape index (κ3) is 3.29. The number of allylic oxidation sites excluding steroid dienone is 2. The van der Waals surface area contributed by atoms with E-state index in [0.717, 1.165) is 41.9 Å². The molecule has 4 rings (SSSR count). The molecule has 0 spiro atoms. The number of nitrogens with one attached hydrogen (secondary N) is 1. The maximum atomic E-state index is 12.7. The van der Waals surface area contributed by atoms with Crippen molar-refractivity contribution in [3.8, 4) is 0 Å². The summed E-state index contributed by atoms with van der Waals surface area (Å²) in [7, 11) is 0. The lowest BCUT2D eigenvalue weighted by Crippen LogP contribution is -2.34. The zero-order valence-electron chi connectivity index (χ0n) is 13.1. The lowest BCUT2D eigenvalue weighted by atomic mass is 10.0. The molecule has 0 saturated heterocycles. The number of H-pyrrole nitrogens is 1. The lowest BCUT2D eigenvalue weighted by Gasteiger charge is -2.27. The van der Waals surface area contributed by atoms with Gasteiger partial charge < -0.3 is 9.88 Å². The van der Waals surface area contributed by atoms with Crippen molar-refractivity contribution in [1.82, 2.24) is 14.9 Å². The van der Waals surface area contributed by atoms with Crippen molar-refractivity contribution >= 4 is 28.7 Å². The monoisotopic (exact) mass is 327 g/mol. The Balaban J connectivity index is 1.44. The molecule has 0 bridgehead atoms. The Morgan fingerprint density at radius 3 is 2.91 bits per heavy atom. The molecule has 0 radical (unpaired) electrons. The number of thioether (sulfide) groups is 1. The number of amides is 1. The van der Waals surface area contributed by atoms with Crippen molar-refractivity contribution in [2.45, 2.75) is 49.7 Å². The second-order valence-electron chi connectivity index (χ2n) is 6.28. The molecular weight excluding hydrogens is 306 g/mol. The summed E-state index contributed by atoms with van der Waals surface area (Å²) in [6.45, 7) is 0. The van der Waals surface area contributed by atoms with Crippen LogP contribution in [0.2, 0.25) is 0 Å². The zero-order valence-corrected chi connectivity index (χ0v) is 13.9. The maximum Gasteiger partial charge on any atom is 0.237 e. The molecule has 0 aliphatic heterocycles. The standard InChI is InChI=1S/C18H21N3OS/c22-17(21(14-10-11-14)13-6-2-1-3-7-13)12-23-18-19-15-8-4-5-9-16(15)20-18/h4-6,8-9,14H,1-3,7,10-12H2,(H,19,20). The van der Waals surface area contributed by atoms with Gasteiger partial charge in [0.05, 0.1) is 16.8 Å². The molecule has 1 saturated carbocycles. The van der Waals surface area contributed by atoms with Gasteiger partial charge in [0.1, 0.15) is 0 Å². The molecule has 0 unspecified atom stereocenters. The number of hydrogen-bond donors (Lipinski definition) is 1. The second-order valence-corrected chi connectivity index (χ2v) is 7.25. The molecule has 2 aliphatic carbocycles. The van der Waals surface area contributed by atoms with Gasteiger partial charge in [-0.3, -0.25) is 4.79 Å². The molecule has 1 amide bonds. The number of aromatic nitrogens is 2. The van der Waals surface area contributed by atoms with Crippen LogP contribution in [0.4, 0.5) is 0 Å². The van der Waals surface area contributed by atoms with Gasteiger partial charge in [0.25, 0.3) is 0 Å². The highest BCUT2D eigenvalue weighted by atomic mass is 32.2. The fourth-order valence-corrected chi connectivity index (χ4v) is 3.91. The number of hydrogen-bond acceptors (Lipinski definition) is 3. The van der Waals surface area contributed by atoms with E-state index in [4.69, 9.17) is 0 Å². The predicted molar refractivity (Wildman–Crippen MR) is 93.2 cm³/mol. The van der Waals surface area contributed by atoms with Gasteiger partial charge in [0.2, 0.25) is 5.91 Å². The molecular formula is C18H21N3OS. The molecule has 2 aliphatic rings. The summed E-state index contributed by atoms with van der Waals surface area (Å²) >= 11 is 1.51. The smallest absolute Gasteiger partial charge is 0.237 e. The lowest BCUT2D eigenvalue weighted by molar-refractivity contribution is -0.127. The summed E-state index contributed by atoms with van der Waals surface area (Å²) in [4.78, 5) is 22.6. The van der Waals surface area contributed by atoms with E-state index >= 15 is 0 Å². The summed E-state index contributed by atoms with van der Waals surface area (Å²) < 4.78 is 0.